The number of nitrogens with one attached hydrogen (secondary N) is 1. The lowest BCUT2D eigenvalue weighted by Crippen LogP contribution is -2.31. The summed E-state index contributed by atoms with van der Waals surface area (Å²) in [6, 6.07) is -0.618. The van der Waals surface area contributed by atoms with Crippen LogP contribution in [0, 0.1) is 17.8 Å². The summed E-state index contributed by atoms with van der Waals surface area (Å²) < 4.78 is 0. The van der Waals surface area contributed by atoms with Gasteiger partial charge in [-0.3, -0.25) is 0 Å². The molecule has 6 heteroatoms. The van der Waals surface area contributed by atoms with E-state index in [0.717, 1.165) is 24.2 Å². The topological polar surface area (TPSA) is 62.2 Å². The van der Waals surface area contributed by atoms with Crippen molar-refractivity contribution in [2.75, 3.05) is 11.1 Å². The third-order valence-corrected chi connectivity index (χ3v) is 7.51. The highest BCUT2D eigenvalue weighted by atomic mass is 32.2. The van der Waals surface area contributed by atoms with Gasteiger partial charge in [0.05, 0.1) is 0 Å². The smallest absolute Gasteiger partial charge is 0.327 e. The molecule has 0 radical (unpaired) electrons. The number of hydrogen-bond donors (Lipinski definition) is 2. The number of aliphatic carboxylic acids is 1. The van der Waals surface area contributed by atoms with Gasteiger partial charge in [0, 0.05) is 17.3 Å². The van der Waals surface area contributed by atoms with Gasteiger partial charge in [-0.05, 0) is 42.9 Å². The van der Waals surface area contributed by atoms with Crippen molar-refractivity contribution in [2.24, 2.45) is 17.8 Å². The van der Waals surface area contributed by atoms with E-state index in [9.17, 15) is 9.90 Å². The minimum Gasteiger partial charge on any atom is -0.480 e. The number of thioether (sulfide) groups is 1. The summed E-state index contributed by atoms with van der Waals surface area (Å²) in [5.74, 6) is 2.16. The van der Waals surface area contributed by atoms with Gasteiger partial charge in [-0.2, -0.15) is 0 Å². The van der Waals surface area contributed by atoms with Gasteiger partial charge in [-0.15, -0.1) is 23.1 Å². The van der Waals surface area contributed by atoms with Crippen LogP contribution in [0.5, 0.6) is 0 Å². The summed E-state index contributed by atoms with van der Waals surface area (Å²) in [6.07, 6.45) is 13.5. The minimum atomic E-state index is -0.836. The molecule has 31 heavy (non-hydrogen) atoms. The van der Waals surface area contributed by atoms with Gasteiger partial charge in [0.2, 0.25) is 0 Å². The summed E-state index contributed by atoms with van der Waals surface area (Å²) in [5.41, 5.74) is 1.34. The molecule has 0 aliphatic rings. The summed E-state index contributed by atoms with van der Waals surface area (Å²) in [4.78, 5) is 15.5. The third-order valence-electron chi connectivity index (χ3n) is 5.72. The molecule has 178 valence electrons. The molecule has 1 aromatic heterocycles. The van der Waals surface area contributed by atoms with E-state index in [1.807, 2.05) is 5.38 Å². The van der Waals surface area contributed by atoms with E-state index < -0.39 is 12.0 Å². The quantitative estimate of drug-likeness (QED) is 0.228. The van der Waals surface area contributed by atoms with Crippen LogP contribution in [0.4, 0.5) is 5.13 Å². The molecular weight excluding hydrogens is 424 g/mol. The first-order valence-corrected chi connectivity index (χ1v) is 13.9. The Labute approximate surface area is 198 Å². The van der Waals surface area contributed by atoms with Crippen molar-refractivity contribution in [1.82, 2.24) is 4.98 Å². The summed E-state index contributed by atoms with van der Waals surface area (Å²) in [7, 11) is 0. The highest BCUT2D eigenvalue weighted by Gasteiger charge is 2.17. The van der Waals surface area contributed by atoms with Gasteiger partial charge in [0.15, 0.2) is 5.13 Å². The number of allylic oxidation sites excluding steroid dienone is 1. The Hall–Kier alpha value is -1.01. The molecule has 0 spiro atoms. The number of aromatic nitrogens is 1. The lowest BCUT2D eigenvalue weighted by Gasteiger charge is -2.15. The molecule has 3 atom stereocenters. The average molecular weight is 469 g/mol. The number of anilines is 1. The zero-order valence-electron chi connectivity index (χ0n) is 20.2. The molecule has 0 aromatic carbocycles. The highest BCUT2D eigenvalue weighted by molar-refractivity contribution is 8.02. The van der Waals surface area contributed by atoms with Crippen LogP contribution in [-0.4, -0.2) is 27.9 Å². The number of carboxylic acid groups (broad SMARTS) is 1. The molecule has 0 saturated heterocycles. The standard InChI is InChI=1S/C25H44N2O2S2/c1-19(2)9-6-10-20(3)11-7-12-21(4)13-8-14-22(5)17-30-18-23(24(28)29)27-25-26-15-16-31-25/h15-17,19-21,23H,6-14,18H2,1-5H3,(H,26,27)(H,28,29). The Morgan fingerprint density at radius 2 is 1.71 bits per heavy atom. The van der Waals surface area contributed by atoms with Crippen LogP contribution in [0.2, 0.25) is 0 Å². The molecule has 1 rings (SSSR count). The Morgan fingerprint density at radius 1 is 1.10 bits per heavy atom. The van der Waals surface area contributed by atoms with Crippen molar-refractivity contribution in [3.63, 3.8) is 0 Å². The highest BCUT2D eigenvalue weighted by Crippen LogP contribution is 2.23. The molecule has 3 unspecified atom stereocenters. The average Bonchev–Trinajstić information content (AvgIpc) is 3.20. The fourth-order valence-corrected chi connectivity index (χ4v) is 5.17. The van der Waals surface area contributed by atoms with Crippen molar-refractivity contribution < 1.29 is 9.90 Å². The van der Waals surface area contributed by atoms with Gasteiger partial charge >= 0.3 is 5.97 Å². The third kappa shape index (κ3) is 14.6. The van der Waals surface area contributed by atoms with Gasteiger partial charge in [-0.1, -0.05) is 78.2 Å². The van der Waals surface area contributed by atoms with Crippen molar-refractivity contribution >= 4 is 34.2 Å². The van der Waals surface area contributed by atoms with E-state index in [-0.39, 0.29) is 0 Å². The maximum absolute atomic E-state index is 11.4. The zero-order chi connectivity index (χ0) is 23.1. The maximum Gasteiger partial charge on any atom is 0.327 e. The van der Waals surface area contributed by atoms with E-state index in [0.29, 0.717) is 10.9 Å². The molecular formula is C25H44N2O2S2. The first kappa shape index (κ1) is 28.0. The van der Waals surface area contributed by atoms with Crippen LogP contribution >= 0.6 is 23.1 Å². The summed E-state index contributed by atoms with van der Waals surface area (Å²) >= 11 is 3.00. The van der Waals surface area contributed by atoms with E-state index in [1.54, 1.807) is 18.0 Å². The van der Waals surface area contributed by atoms with E-state index >= 15 is 0 Å². The van der Waals surface area contributed by atoms with Crippen LogP contribution in [-0.2, 0) is 4.79 Å². The lowest BCUT2D eigenvalue weighted by atomic mass is 9.91. The Bertz CT molecular complexity index is 617. The number of nitrogens with zero attached hydrogens (tertiary/aromatic N) is 1. The van der Waals surface area contributed by atoms with Crippen LogP contribution in [0.15, 0.2) is 22.6 Å². The summed E-state index contributed by atoms with van der Waals surface area (Å²) in [6.45, 7) is 11.6. The molecule has 0 aliphatic carbocycles. The SMILES string of the molecule is CC(=CSCC(Nc1nccs1)C(=O)O)CCCC(C)CCCC(C)CCCC(C)C. The molecule has 0 amide bonds. The second-order valence-corrected chi connectivity index (χ2v) is 11.3. The Kier molecular flexibility index (Phi) is 15.0. The summed E-state index contributed by atoms with van der Waals surface area (Å²) in [5, 5.41) is 17.0. The monoisotopic (exact) mass is 468 g/mol. The largest absolute Gasteiger partial charge is 0.480 e. The van der Waals surface area contributed by atoms with Gasteiger partial charge in [-0.25, -0.2) is 9.78 Å². The molecule has 1 aromatic rings. The number of rotatable bonds is 18. The minimum absolute atomic E-state index is 0.498. The van der Waals surface area contributed by atoms with Crippen molar-refractivity contribution in [2.45, 2.75) is 98.4 Å². The molecule has 0 fully saturated rings. The van der Waals surface area contributed by atoms with E-state index in [4.69, 9.17) is 0 Å². The number of carboxylic acids is 1. The van der Waals surface area contributed by atoms with Gasteiger partial charge in [0.25, 0.3) is 0 Å². The molecule has 1 heterocycles. The Morgan fingerprint density at radius 3 is 2.26 bits per heavy atom. The van der Waals surface area contributed by atoms with Crippen LogP contribution in [0.3, 0.4) is 0 Å². The maximum atomic E-state index is 11.4. The normalized spacial score (nSPS) is 15.1. The van der Waals surface area contributed by atoms with Gasteiger partial charge in [0.1, 0.15) is 6.04 Å². The van der Waals surface area contributed by atoms with Crippen molar-refractivity contribution in [3.8, 4) is 0 Å². The lowest BCUT2D eigenvalue weighted by molar-refractivity contribution is -0.137. The predicted octanol–water partition coefficient (Wildman–Crippen LogP) is 8.08. The molecule has 0 bridgehead atoms. The van der Waals surface area contributed by atoms with E-state index in [1.165, 1.54) is 68.3 Å². The molecule has 0 aliphatic heterocycles. The first-order chi connectivity index (χ1) is 14.8. The van der Waals surface area contributed by atoms with Gasteiger partial charge < -0.3 is 10.4 Å². The van der Waals surface area contributed by atoms with Crippen molar-refractivity contribution in [3.05, 3.63) is 22.6 Å². The Balaban J connectivity index is 2.14. The number of carbonyl (C=O) groups is 1. The number of hydrogen-bond acceptors (Lipinski definition) is 5. The second kappa shape index (κ2) is 16.6. The number of thiazole rings is 1. The second-order valence-electron chi connectivity index (χ2n) is 9.53. The predicted molar refractivity (Wildman–Crippen MR) is 138 cm³/mol. The van der Waals surface area contributed by atoms with E-state index in [2.05, 4.69) is 50.3 Å². The van der Waals surface area contributed by atoms with Crippen LogP contribution in [0.25, 0.3) is 0 Å². The zero-order valence-corrected chi connectivity index (χ0v) is 21.9. The fraction of sp³-hybridized carbons (Fsp3) is 0.760. The molecule has 0 saturated carbocycles. The van der Waals surface area contributed by atoms with Crippen LogP contribution in [0.1, 0.15) is 92.4 Å². The molecule has 2 N–H and O–H groups in total. The van der Waals surface area contributed by atoms with Crippen molar-refractivity contribution in [1.29, 1.82) is 0 Å². The fourth-order valence-electron chi connectivity index (χ4n) is 3.67. The molecule has 4 nitrogen and oxygen atoms in total. The first-order valence-electron chi connectivity index (χ1n) is 11.9. The van der Waals surface area contributed by atoms with Crippen LogP contribution < -0.4 is 5.32 Å².